The molecule has 9 aromatic carbocycles. The van der Waals surface area contributed by atoms with Crippen molar-refractivity contribution in [2.45, 2.75) is 0 Å². The lowest BCUT2D eigenvalue weighted by atomic mass is 9.95. The first-order valence-electron chi connectivity index (χ1n) is 20.7. The molecule has 61 heavy (non-hydrogen) atoms. The van der Waals surface area contributed by atoms with Crippen molar-refractivity contribution in [1.82, 2.24) is 14.5 Å². The van der Waals surface area contributed by atoms with Gasteiger partial charge in [0, 0.05) is 22.2 Å². The molecule has 3 nitrogen and oxygen atoms in total. The lowest BCUT2D eigenvalue weighted by molar-refractivity contribution is 1.15. The summed E-state index contributed by atoms with van der Waals surface area (Å²) in [6.45, 7) is 0. The van der Waals surface area contributed by atoms with E-state index < -0.39 is 0 Å². The molecule has 0 unspecified atom stereocenters. The van der Waals surface area contributed by atoms with E-state index in [2.05, 4.69) is 241 Å². The second-order valence-electron chi connectivity index (χ2n) is 15.4. The maximum Gasteiger partial charge on any atom is 0.160 e. The van der Waals surface area contributed by atoms with Crippen molar-refractivity contribution in [2.24, 2.45) is 0 Å². The fourth-order valence-corrected chi connectivity index (χ4v) is 8.55. The number of benzene rings is 9. The van der Waals surface area contributed by atoms with Crippen molar-refractivity contribution in [3.63, 3.8) is 0 Å². The number of fused-ring (bicyclic) bond motifs is 3. The first-order valence-corrected chi connectivity index (χ1v) is 20.7. The third-order valence-electron chi connectivity index (χ3n) is 11.6. The Morgan fingerprint density at radius 2 is 0.656 bits per heavy atom. The van der Waals surface area contributed by atoms with Gasteiger partial charge in [-0.25, -0.2) is 9.97 Å². The summed E-state index contributed by atoms with van der Waals surface area (Å²) in [7, 11) is 0. The van der Waals surface area contributed by atoms with Crippen LogP contribution in [0.25, 0.3) is 106 Å². The van der Waals surface area contributed by atoms with Gasteiger partial charge >= 0.3 is 0 Å². The van der Waals surface area contributed by atoms with E-state index in [-0.39, 0.29) is 0 Å². The lowest BCUT2D eigenvalue weighted by Gasteiger charge is -2.13. The molecule has 2 aromatic heterocycles. The third kappa shape index (κ3) is 6.88. The van der Waals surface area contributed by atoms with Gasteiger partial charge in [-0.05, 0) is 92.0 Å². The van der Waals surface area contributed by atoms with Crippen LogP contribution in [0.15, 0.2) is 237 Å². The molecule has 0 spiro atoms. The SMILES string of the molecule is c1ccc(-c2ccc(-c3ccc(-c4nc(-c5cccc(-c6cccc(-c7cccc(-c8ccccc8)c7)c6)c5)nc5c6ccccc6n(-c6ccccc6)c45)cc3)cc2)cc1. The predicted octanol–water partition coefficient (Wildman–Crippen LogP) is 15.2. The average molecular weight is 778 g/mol. The van der Waals surface area contributed by atoms with Gasteiger partial charge in [-0.15, -0.1) is 0 Å². The Morgan fingerprint density at radius 1 is 0.279 bits per heavy atom. The molecule has 11 rings (SSSR count). The fraction of sp³-hybridized carbons (Fsp3) is 0. The van der Waals surface area contributed by atoms with Crippen molar-refractivity contribution in [3.05, 3.63) is 237 Å². The quantitative estimate of drug-likeness (QED) is 0.154. The number of nitrogens with zero attached hydrogens (tertiary/aromatic N) is 3. The summed E-state index contributed by atoms with van der Waals surface area (Å²) in [5, 5.41) is 1.09. The summed E-state index contributed by atoms with van der Waals surface area (Å²) in [5.74, 6) is 0.688. The van der Waals surface area contributed by atoms with Crippen LogP contribution in [0.2, 0.25) is 0 Å². The molecule has 0 aliphatic heterocycles. The second kappa shape index (κ2) is 15.6. The van der Waals surface area contributed by atoms with E-state index in [0.717, 1.165) is 61.1 Å². The second-order valence-corrected chi connectivity index (χ2v) is 15.4. The van der Waals surface area contributed by atoms with Gasteiger partial charge in [-0.2, -0.15) is 0 Å². The van der Waals surface area contributed by atoms with E-state index in [1.54, 1.807) is 0 Å². The zero-order valence-corrected chi connectivity index (χ0v) is 33.4. The maximum atomic E-state index is 5.48. The molecule has 0 aliphatic rings. The van der Waals surface area contributed by atoms with E-state index in [1.165, 1.54) is 38.9 Å². The summed E-state index contributed by atoms with van der Waals surface area (Å²) < 4.78 is 2.31. The van der Waals surface area contributed by atoms with Crippen LogP contribution in [0.5, 0.6) is 0 Å². The Kier molecular flexibility index (Phi) is 9.18. The molecule has 2 heterocycles. The van der Waals surface area contributed by atoms with Crippen molar-refractivity contribution >= 4 is 21.9 Å². The maximum absolute atomic E-state index is 5.48. The highest BCUT2D eigenvalue weighted by Crippen LogP contribution is 2.39. The van der Waals surface area contributed by atoms with Gasteiger partial charge in [0.2, 0.25) is 0 Å². The number of hydrogen-bond donors (Lipinski definition) is 0. The van der Waals surface area contributed by atoms with Crippen LogP contribution in [0.4, 0.5) is 0 Å². The molecule has 0 saturated carbocycles. The number of para-hydroxylation sites is 2. The molecule has 0 saturated heterocycles. The van der Waals surface area contributed by atoms with Gasteiger partial charge in [0.05, 0.1) is 16.7 Å². The minimum absolute atomic E-state index is 0.688. The third-order valence-corrected chi connectivity index (χ3v) is 11.6. The summed E-state index contributed by atoms with van der Waals surface area (Å²) in [6, 6.07) is 84.0. The Labute approximate surface area is 355 Å². The predicted molar refractivity (Wildman–Crippen MR) is 254 cm³/mol. The van der Waals surface area contributed by atoms with Crippen molar-refractivity contribution < 1.29 is 0 Å². The normalized spacial score (nSPS) is 11.3. The van der Waals surface area contributed by atoms with Crippen molar-refractivity contribution in [1.29, 1.82) is 0 Å². The smallest absolute Gasteiger partial charge is 0.160 e. The topological polar surface area (TPSA) is 30.7 Å². The van der Waals surface area contributed by atoms with Gasteiger partial charge in [-0.3, -0.25) is 0 Å². The molecule has 0 fully saturated rings. The Hall–Kier alpha value is -8.14. The van der Waals surface area contributed by atoms with Crippen LogP contribution in [-0.2, 0) is 0 Å². The summed E-state index contributed by atoms with van der Waals surface area (Å²) in [6.07, 6.45) is 0. The highest BCUT2D eigenvalue weighted by Gasteiger charge is 2.21. The molecule has 0 aliphatic carbocycles. The molecule has 0 amide bonds. The van der Waals surface area contributed by atoms with Crippen LogP contribution in [0.1, 0.15) is 0 Å². The summed E-state index contributed by atoms with van der Waals surface area (Å²) in [5.41, 5.74) is 18.7. The van der Waals surface area contributed by atoms with Crippen LogP contribution >= 0.6 is 0 Å². The molecule has 11 aromatic rings. The van der Waals surface area contributed by atoms with Gasteiger partial charge in [0.1, 0.15) is 5.52 Å². The first kappa shape index (κ1) is 36.0. The Morgan fingerprint density at radius 3 is 1.20 bits per heavy atom. The van der Waals surface area contributed by atoms with Gasteiger partial charge in [0.25, 0.3) is 0 Å². The summed E-state index contributed by atoms with van der Waals surface area (Å²) in [4.78, 5) is 10.9. The van der Waals surface area contributed by atoms with Gasteiger partial charge < -0.3 is 4.57 Å². The van der Waals surface area contributed by atoms with Gasteiger partial charge in [-0.1, -0.05) is 200 Å². The molecular weight excluding hydrogens is 739 g/mol. The van der Waals surface area contributed by atoms with Crippen molar-refractivity contribution in [3.8, 4) is 84.0 Å². The highest BCUT2D eigenvalue weighted by molar-refractivity contribution is 6.11. The highest BCUT2D eigenvalue weighted by atomic mass is 15.0. The number of rotatable bonds is 8. The Balaban J connectivity index is 1.02. The first-order chi connectivity index (χ1) is 30.2. The van der Waals surface area contributed by atoms with E-state index in [4.69, 9.17) is 9.97 Å². The van der Waals surface area contributed by atoms with Crippen LogP contribution in [0, 0.1) is 0 Å². The molecule has 0 radical (unpaired) electrons. The zero-order valence-electron chi connectivity index (χ0n) is 33.4. The minimum atomic E-state index is 0.688. The van der Waals surface area contributed by atoms with E-state index in [1.807, 2.05) is 0 Å². The number of hydrogen-bond acceptors (Lipinski definition) is 2. The van der Waals surface area contributed by atoms with E-state index in [9.17, 15) is 0 Å². The van der Waals surface area contributed by atoms with Crippen molar-refractivity contribution in [2.75, 3.05) is 0 Å². The van der Waals surface area contributed by atoms with Crippen LogP contribution in [0.3, 0.4) is 0 Å². The van der Waals surface area contributed by atoms with Gasteiger partial charge in [0.15, 0.2) is 5.82 Å². The standard InChI is InChI=1S/C58H39N3/c1-4-15-40(16-5-1)42-29-31-43(32-30-42)44-33-35-45(36-34-44)55-57-56(53-27-10-11-28-54(53)61(57)52-25-8-3-9-26-52)60-58(59-55)51-24-14-23-50(39-51)49-22-13-21-48(38-49)47-20-12-19-46(37-47)41-17-6-2-7-18-41/h1-39H. The monoisotopic (exact) mass is 777 g/mol. The summed E-state index contributed by atoms with van der Waals surface area (Å²) >= 11 is 0. The largest absolute Gasteiger partial charge is 0.306 e. The lowest BCUT2D eigenvalue weighted by Crippen LogP contribution is -2.00. The van der Waals surface area contributed by atoms with E-state index in [0.29, 0.717) is 5.82 Å². The minimum Gasteiger partial charge on any atom is -0.306 e. The molecule has 0 atom stereocenters. The molecule has 0 bridgehead atoms. The number of aromatic nitrogens is 3. The van der Waals surface area contributed by atoms with Crippen LogP contribution in [-0.4, -0.2) is 14.5 Å². The average Bonchev–Trinajstić information content (AvgIpc) is 3.69. The fourth-order valence-electron chi connectivity index (χ4n) is 8.55. The van der Waals surface area contributed by atoms with Crippen LogP contribution < -0.4 is 0 Å². The molecule has 3 heteroatoms. The van der Waals surface area contributed by atoms with E-state index >= 15 is 0 Å². The molecule has 0 N–H and O–H groups in total. The molecular formula is C58H39N3. The zero-order chi connectivity index (χ0) is 40.5. The Bertz CT molecular complexity index is 3310. The molecule has 286 valence electrons.